The first-order valence-electron chi connectivity index (χ1n) is 11.2. The molecule has 1 amide bonds. The molecule has 0 bridgehead atoms. The lowest BCUT2D eigenvalue weighted by molar-refractivity contribution is -0.159. The van der Waals surface area contributed by atoms with Crippen LogP contribution in [-0.2, 0) is 10.2 Å². The number of nitrogens with one attached hydrogen (secondary N) is 1. The maximum Gasteiger partial charge on any atom is 0.234 e. The van der Waals surface area contributed by atoms with Crippen molar-refractivity contribution in [3.05, 3.63) is 53.2 Å². The van der Waals surface area contributed by atoms with E-state index in [1.165, 1.54) is 0 Å². The predicted molar refractivity (Wildman–Crippen MR) is 127 cm³/mol. The van der Waals surface area contributed by atoms with Gasteiger partial charge in [-0.2, -0.15) is 0 Å². The molecule has 32 heavy (non-hydrogen) atoms. The molecule has 0 spiro atoms. The molecule has 6 heteroatoms. The van der Waals surface area contributed by atoms with Crippen molar-refractivity contribution in [3.63, 3.8) is 0 Å². The van der Waals surface area contributed by atoms with Gasteiger partial charge in [0.15, 0.2) is 0 Å². The summed E-state index contributed by atoms with van der Waals surface area (Å²) in [7, 11) is 0. The van der Waals surface area contributed by atoms with Crippen LogP contribution in [0.5, 0.6) is 5.75 Å². The highest BCUT2D eigenvalue weighted by Gasteiger charge is 2.57. The first-order chi connectivity index (χ1) is 15.0. The Morgan fingerprint density at radius 1 is 1.25 bits per heavy atom. The highest BCUT2D eigenvalue weighted by atomic mass is 16.5. The van der Waals surface area contributed by atoms with Crippen molar-refractivity contribution in [1.82, 2.24) is 4.90 Å². The fourth-order valence-electron chi connectivity index (χ4n) is 5.60. The number of β-lactam (4-membered cyclic amide) rings is 1. The number of nitrogens with two attached hydrogens (primary N) is 1. The van der Waals surface area contributed by atoms with Crippen LogP contribution in [0, 0.1) is 17.2 Å². The van der Waals surface area contributed by atoms with Gasteiger partial charge in [-0.25, -0.2) is 0 Å². The molecule has 0 radical (unpaired) electrons. The maximum atomic E-state index is 12.5. The molecule has 0 saturated carbocycles. The number of hydrogen-bond donors (Lipinski definition) is 3. The number of allylic oxidation sites excluding steroid dienone is 1. The predicted octanol–water partition coefficient (Wildman–Crippen LogP) is 3.95. The van der Waals surface area contributed by atoms with Gasteiger partial charge in [-0.3, -0.25) is 10.2 Å². The molecule has 1 fully saturated rings. The van der Waals surface area contributed by atoms with Gasteiger partial charge in [-0.05, 0) is 41.9 Å². The summed E-state index contributed by atoms with van der Waals surface area (Å²) in [5.74, 6) is 0.787. The number of carbonyl (C=O) groups excluding carboxylic acids is 1. The van der Waals surface area contributed by atoms with Crippen molar-refractivity contribution in [2.75, 3.05) is 6.61 Å². The average molecular weight is 436 g/mol. The van der Waals surface area contributed by atoms with E-state index < -0.39 is 6.10 Å². The second-order valence-electron chi connectivity index (χ2n) is 9.90. The zero-order valence-electron chi connectivity index (χ0n) is 19.5. The molecule has 4 atom stereocenters. The number of amides is 1. The molecule has 2 aromatic rings. The zero-order chi connectivity index (χ0) is 23.4. The Labute approximate surface area is 189 Å². The van der Waals surface area contributed by atoms with Gasteiger partial charge in [0.2, 0.25) is 5.91 Å². The van der Waals surface area contributed by atoms with Gasteiger partial charge < -0.3 is 20.5 Å². The number of carbonyl (C=O) groups is 1. The summed E-state index contributed by atoms with van der Waals surface area (Å²) in [5, 5.41) is 19.9. The number of hydrogen-bond acceptors (Lipinski definition) is 4. The smallest absolute Gasteiger partial charge is 0.234 e. The van der Waals surface area contributed by atoms with E-state index in [4.69, 9.17) is 15.9 Å². The van der Waals surface area contributed by atoms with Crippen LogP contribution in [0.4, 0.5) is 0 Å². The second-order valence-corrected chi connectivity index (χ2v) is 9.90. The van der Waals surface area contributed by atoms with Gasteiger partial charge in [-0.1, -0.05) is 51.1 Å². The number of nitrogens with zero attached hydrogens (tertiary/aromatic N) is 1. The lowest BCUT2D eigenvalue weighted by atomic mass is 9.78. The number of amidine groups is 1. The first-order valence-corrected chi connectivity index (χ1v) is 11.2. The Bertz CT molecular complexity index is 1120. The molecular weight excluding hydrogens is 402 g/mol. The molecule has 0 unspecified atom stereocenters. The second kappa shape index (κ2) is 7.93. The van der Waals surface area contributed by atoms with Crippen LogP contribution >= 0.6 is 0 Å². The van der Waals surface area contributed by atoms with Crippen LogP contribution in [0.1, 0.15) is 46.6 Å². The summed E-state index contributed by atoms with van der Waals surface area (Å²) in [5.41, 5.74) is 8.63. The van der Waals surface area contributed by atoms with E-state index in [9.17, 15) is 9.90 Å². The molecule has 6 nitrogen and oxygen atoms in total. The zero-order valence-corrected chi connectivity index (χ0v) is 19.5. The van der Waals surface area contributed by atoms with Gasteiger partial charge in [-0.15, -0.1) is 0 Å². The highest BCUT2D eigenvalue weighted by molar-refractivity contribution is 5.92. The summed E-state index contributed by atoms with van der Waals surface area (Å²) < 4.78 is 6.32. The number of rotatable bonds is 7. The van der Waals surface area contributed by atoms with E-state index in [0.717, 1.165) is 33.4 Å². The van der Waals surface area contributed by atoms with E-state index in [-0.39, 0.29) is 35.0 Å². The summed E-state index contributed by atoms with van der Waals surface area (Å²) in [6.07, 6.45) is -0.162. The molecule has 0 aromatic heterocycles. The van der Waals surface area contributed by atoms with E-state index in [0.29, 0.717) is 13.0 Å². The fraction of sp³-hybridized carbons (Fsp3) is 0.462. The largest absolute Gasteiger partial charge is 0.489 e. The van der Waals surface area contributed by atoms with Gasteiger partial charge >= 0.3 is 0 Å². The van der Waals surface area contributed by atoms with Crippen LogP contribution in [0.2, 0.25) is 0 Å². The Hall–Kier alpha value is -2.86. The van der Waals surface area contributed by atoms with Crippen LogP contribution in [-0.4, -0.2) is 40.5 Å². The van der Waals surface area contributed by atoms with Crippen molar-refractivity contribution in [3.8, 4) is 5.75 Å². The van der Waals surface area contributed by atoms with Crippen molar-refractivity contribution in [2.24, 2.45) is 17.6 Å². The molecule has 2 aliphatic heterocycles. The van der Waals surface area contributed by atoms with Crippen LogP contribution in [0.15, 0.2) is 47.7 Å². The minimum Gasteiger partial charge on any atom is -0.489 e. The van der Waals surface area contributed by atoms with Gasteiger partial charge in [0, 0.05) is 23.4 Å². The van der Waals surface area contributed by atoms with E-state index >= 15 is 0 Å². The third kappa shape index (κ3) is 3.47. The number of fused-ring (bicyclic) bond motifs is 2. The molecule has 4 rings (SSSR count). The lowest BCUT2D eigenvalue weighted by Gasteiger charge is -2.46. The number of aliphatic hydroxyl groups is 1. The van der Waals surface area contributed by atoms with E-state index in [1.807, 2.05) is 30.0 Å². The molecule has 0 aliphatic carbocycles. The minimum atomic E-state index is -0.644. The summed E-state index contributed by atoms with van der Waals surface area (Å²) in [6.45, 7) is 10.4. The lowest BCUT2D eigenvalue weighted by Crippen LogP contribution is -2.62. The first kappa shape index (κ1) is 22.3. The Kier molecular flexibility index (Phi) is 5.53. The molecular formula is C26H33N3O3. The highest BCUT2D eigenvalue weighted by Crippen LogP contribution is 2.47. The molecule has 170 valence electrons. The van der Waals surface area contributed by atoms with E-state index in [1.54, 1.807) is 6.92 Å². The summed E-state index contributed by atoms with van der Waals surface area (Å²) in [6, 6.07) is 12.2. The van der Waals surface area contributed by atoms with Gasteiger partial charge in [0.1, 0.15) is 12.4 Å². The van der Waals surface area contributed by atoms with Crippen molar-refractivity contribution in [2.45, 2.75) is 58.6 Å². The van der Waals surface area contributed by atoms with Crippen LogP contribution in [0.3, 0.4) is 0 Å². The SMILES string of the molecule is CC1=C(COc2cccc3c(C(C)(C)CC(=N)N)cccc23)[C@H](C)[C@@H]2[C@@H]([C@@H](C)O)C(=O)N12. The minimum absolute atomic E-state index is 0.00635. The van der Waals surface area contributed by atoms with E-state index in [2.05, 4.69) is 39.0 Å². The average Bonchev–Trinajstić information content (AvgIpc) is 2.90. The van der Waals surface area contributed by atoms with Crippen LogP contribution in [0.25, 0.3) is 10.8 Å². The number of benzene rings is 2. The molecule has 1 saturated heterocycles. The van der Waals surface area contributed by atoms with Crippen molar-refractivity contribution in [1.29, 1.82) is 5.41 Å². The molecule has 2 aromatic carbocycles. The Morgan fingerprint density at radius 2 is 1.91 bits per heavy atom. The monoisotopic (exact) mass is 435 g/mol. The Morgan fingerprint density at radius 3 is 2.56 bits per heavy atom. The quantitative estimate of drug-likeness (QED) is 0.348. The molecule has 4 N–H and O–H groups in total. The summed E-state index contributed by atoms with van der Waals surface area (Å²) >= 11 is 0. The standard InChI is InChI=1S/C26H33N3O3/c1-14-19(15(2)29-24(14)23(16(3)30)25(29)31)13-32-21-11-7-8-17-18(21)9-6-10-20(17)26(4,5)12-22(27)28/h6-11,14,16,23-24,30H,12-13H2,1-5H3,(H3,27,28)/t14-,16+,23+,24+/m0/s1. The third-order valence-electron chi connectivity index (χ3n) is 7.22. The third-order valence-corrected chi connectivity index (χ3v) is 7.22. The number of aliphatic hydroxyl groups excluding tert-OH is 1. The Balaban J connectivity index is 1.61. The fourth-order valence-corrected chi connectivity index (χ4v) is 5.60. The molecule has 2 heterocycles. The maximum absolute atomic E-state index is 12.5. The summed E-state index contributed by atoms with van der Waals surface area (Å²) in [4.78, 5) is 14.3. The van der Waals surface area contributed by atoms with Gasteiger partial charge in [0.25, 0.3) is 0 Å². The molecule has 2 aliphatic rings. The topological polar surface area (TPSA) is 99.6 Å². The van der Waals surface area contributed by atoms with Crippen molar-refractivity contribution < 1.29 is 14.6 Å². The van der Waals surface area contributed by atoms with Crippen molar-refractivity contribution >= 4 is 22.5 Å². The van der Waals surface area contributed by atoms with Gasteiger partial charge in [0.05, 0.1) is 23.9 Å². The number of ether oxygens (including phenoxy) is 1. The normalized spacial score (nSPS) is 23.9. The van der Waals surface area contributed by atoms with Crippen LogP contribution < -0.4 is 10.5 Å².